The van der Waals surface area contributed by atoms with E-state index < -0.39 is 17.6 Å². The van der Waals surface area contributed by atoms with Gasteiger partial charge in [0.1, 0.15) is 0 Å². The molecule has 0 radical (unpaired) electrons. The Morgan fingerprint density at radius 1 is 0.595 bits per heavy atom. The van der Waals surface area contributed by atoms with E-state index in [0.717, 1.165) is 22.8 Å². The van der Waals surface area contributed by atoms with Crippen LogP contribution in [0.25, 0.3) is 22.8 Å². The van der Waals surface area contributed by atoms with Gasteiger partial charge in [0, 0.05) is 24.8 Å². The zero-order valence-electron chi connectivity index (χ0n) is 21.1. The van der Waals surface area contributed by atoms with Crippen LogP contribution in [0.15, 0.2) is 85.5 Å². The third-order valence-corrected chi connectivity index (χ3v) is 12.4. The van der Waals surface area contributed by atoms with Crippen LogP contribution in [0.5, 0.6) is 0 Å². The summed E-state index contributed by atoms with van der Waals surface area (Å²) >= 11 is -0.116. The number of thiocyanates is 2. The van der Waals surface area contributed by atoms with Gasteiger partial charge in [-0.15, -0.1) is 0 Å². The first-order valence-corrected chi connectivity index (χ1v) is 22.9. The van der Waals surface area contributed by atoms with Crippen molar-refractivity contribution in [2.45, 2.75) is 26.2 Å². The first-order valence-electron chi connectivity index (χ1n) is 11.4. The van der Waals surface area contributed by atoms with Gasteiger partial charge in [-0.05, 0) is 46.8 Å². The van der Waals surface area contributed by atoms with Crippen molar-refractivity contribution in [1.82, 2.24) is 19.9 Å². The van der Waals surface area contributed by atoms with Crippen molar-refractivity contribution in [2.75, 3.05) is 0 Å². The summed E-state index contributed by atoms with van der Waals surface area (Å²) in [5.41, 5.74) is 3.78. The molecule has 4 heterocycles. The van der Waals surface area contributed by atoms with E-state index in [1.54, 1.807) is 12.4 Å². The third-order valence-electron chi connectivity index (χ3n) is 4.88. The SMILES string of the molecule is C[SiH](C)c1ccc(-c2ccccn2)nc1.C[SiH](C)c1ccc(-c2ccccn2)nc1.N#C[S][Ru][S]C#N. The van der Waals surface area contributed by atoms with Crippen LogP contribution in [0.1, 0.15) is 0 Å². The molecule has 4 aromatic rings. The molecule has 0 bridgehead atoms. The third kappa shape index (κ3) is 11.5. The van der Waals surface area contributed by atoms with Crippen LogP contribution >= 0.6 is 19.5 Å². The van der Waals surface area contributed by atoms with E-state index in [1.807, 2.05) is 59.6 Å². The summed E-state index contributed by atoms with van der Waals surface area (Å²) in [5, 5.41) is 22.4. The zero-order chi connectivity index (χ0) is 26.9. The summed E-state index contributed by atoms with van der Waals surface area (Å²) in [6.45, 7) is 9.21. The van der Waals surface area contributed by atoms with Crippen molar-refractivity contribution in [1.29, 1.82) is 10.5 Å². The minimum absolute atomic E-state index is 0.116. The van der Waals surface area contributed by atoms with Gasteiger partial charge in [0.2, 0.25) is 0 Å². The molecule has 0 unspecified atom stereocenters. The molecule has 4 aromatic heterocycles. The van der Waals surface area contributed by atoms with E-state index in [2.05, 4.69) is 70.4 Å². The fraction of sp³-hybridized carbons (Fsp3) is 0.154. The first-order chi connectivity index (χ1) is 18.0. The van der Waals surface area contributed by atoms with Crippen molar-refractivity contribution < 1.29 is 14.7 Å². The van der Waals surface area contributed by atoms with Crippen LogP contribution in [-0.4, -0.2) is 37.5 Å². The molecule has 0 atom stereocenters. The van der Waals surface area contributed by atoms with Crippen LogP contribution in [0.4, 0.5) is 0 Å². The molecule has 4 rings (SSSR count). The number of rotatable bonds is 6. The van der Waals surface area contributed by atoms with Crippen molar-refractivity contribution in [3.05, 3.63) is 85.5 Å². The number of nitriles is 2. The standard InChI is InChI=1S/2C12H14N2Si.2CHNS.Ru/c2*1-15(2)10-6-7-12(14-9-10)11-5-3-4-8-13-11;2*2-1-3;/h2*3-9,15H,1-2H3;2*3H;/q;;;;+2/p-2. The van der Waals surface area contributed by atoms with Crippen LogP contribution in [0.2, 0.25) is 26.2 Å². The quantitative estimate of drug-likeness (QED) is 0.164. The molecule has 190 valence electrons. The maximum atomic E-state index is 7.91. The van der Waals surface area contributed by atoms with E-state index in [-0.39, 0.29) is 14.7 Å². The van der Waals surface area contributed by atoms with Crippen LogP contribution in [-0.2, 0) is 14.7 Å². The van der Waals surface area contributed by atoms with Gasteiger partial charge >= 0.3 is 55.5 Å². The Balaban J connectivity index is 0.000000210. The van der Waals surface area contributed by atoms with E-state index in [0.29, 0.717) is 0 Å². The molecule has 0 aliphatic carbocycles. The number of pyridine rings is 4. The Labute approximate surface area is 236 Å². The molecule has 11 heteroatoms. The average molecular weight is 646 g/mol. The van der Waals surface area contributed by atoms with Gasteiger partial charge in [0.25, 0.3) is 0 Å². The zero-order valence-corrected chi connectivity index (χ0v) is 26.8. The molecule has 0 spiro atoms. The predicted molar refractivity (Wildman–Crippen MR) is 158 cm³/mol. The second-order valence-electron chi connectivity index (χ2n) is 8.08. The topological polar surface area (TPSA) is 99.1 Å². The van der Waals surface area contributed by atoms with Gasteiger partial charge in [-0.1, -0.05) is 50.5 Å². The molecule has 0 saturated carbocycles. The summed E-state index contributed by atoms with van der Waals surface area (Å²) in [6, 6.07) is 20.2. The van der Waals surface area contributed by atoms with Gasteiger partial charge in [0.15, 0.2) is 0 Å². The molecule has 0 fully saturated rings. The summed E-state index contributed by atoms with van der Waals surface area (Å²) in [7, 11) is 0.885. The Morgan fingerprint density at radius 3 is 1.27 bits per heavy atom. The molecule has 0 aliphatic rings. The van der Waals surface area contributed by atoms with E-state index >= 15 is 0 Å². The normalized spacial score (nSPS) is 9.95. The van der Waals surface area contributed by atoms with Crippen molar-refractivity contribution in [2.24, 2.45) is 0 Å². The van der Waals surface area contributed by atoms with Gasteiger partial charge in [-0.25, -0.2) is 0 Å². The molecular weight excluding hydrogens is 618 g/mol. The number of nitrogens with zero attached hydrogens (tertiary/aromatic N) is 6. The average Bonchev–Trinajstić information content (AvgIpc) is 2.95. The fourth-order valence-electron chi connectivity index (χ4n) is 2.87. The second-order valence-corrected chi connectivity index (χ2v) is 19.9. The summed E-state index contributed by atoms with van der Waals surface area (Å²) in [4.78, 5) is 17.4. The van der Waals surface area contributed by atoms with E-state index in [9.17, 15) is 0 Å². The van der Waals surface area contributed by atoms with Gasteiger partial charge in [0.05, 0.1) is 40.4 Å². The Bertz CT molecular complexity index is 1160. The molecule has 0 N–H and O–H groups in total. The summed E-state index contributed by atoms with van der Waals surface area (Å²) in [6.07, 6.45) is 7.56. The molecular formula is C26H28N6RuS2Si2. The van der Waals surface area contributed by atoms with Crippen molar-refractivity contribution >= 4 is 47.5 Å². The van der Waals surface area contributed by atoms with Gasteiger partial charge < -0.3 is 0 Å². The van der Waals surface area contributed by atoms with Crippen molar-refractivity contribution in [3.8, 4) is 33.6 Å². The Kier molecular flexibility index (Phi) is 14.6. The van der Waals surface area contributed by atoms with Crippen LogP contribution < -0.4 is 10.4 Å². The van der Waals surface area contributed by atoms with Gasteiger partial charge in [-0.2, -0.15) is 0 Å². The molecule has 0 aliphatic heterocycles. The van der Waals surface area contributed by atoms with E-state index in [1.165, 1.54) is 29.9 Å². The molecule has 6 nitrogen and oxygen atoms in total. The fourth-order valence-corrected chi connectivity index (χ4v) is 6.72. The van der Waals surface area contributed by atoms with Gasteiger partial charge in [-0.3, -0.25) is 19.9 Å². The molecule has 0 aromatic carbocycles. The minimum atomic E-state index is -0.726. The summed E-state index contributed by atoms with van der Waals surface area (Å²) in [5.74, 6) is 0. The van der Waals surface area contributed by atoms with E-state index in [4.69, 9.17) is 10.5 Å². The predicted octanol–water partition coefficient (Wildman–Crippen LogP) is 5.00. The van der Waals surface area contributed by atoms with Crippen LogP contribution in [0, 0.1) is 21.3 Å². The monoisotopic (exact) mass is 646 g/mol. The Morgan fingerprint density at radius 2 is 1.00 bits per heavy atom. The van der Waals surface area contributed by atoms with Crippen molar-refractivity contribution in [3.63, 3.8) is 0 Å². The molecule has 0 amide bonds. The summed E-state index contributed by atoms with van der Waals surface area (Å²) < 4.78 is 0. The molecule has 37 heavy (non-hydrogen) atoms. The number of aromatic nitrogens is 4. The second kappa shape index (κ2) is 17.7. The number of hydrogen-bond donors (Lipinski definition) is 0. The maximum absolute atomic E-state index is 7.91. The Hall–Kier alpha value is -2.66. The number of hydrogen-bond acceptors (Lipinski definition) is 8. The first kappa shape index (κ1) is 30.6. The molecule has 0 saturated heterocycles. The van der Waals surface area contributed by atoms with Crippen LogP contribution in [0.3, 0.4) is 0 Å².